The molecule has 0 aliphatic carbocycles. The number of carbonyl (C=O) groups is 1. The van der Waals surface area contributed by atoms with Crippen LogP contribution in [0, 0.1) is 0 Å². The molecule has 0 atom stereocenters. The largest absolute Gasteiger partial charge is 0.405 e. The summed E-state index contributed by atoms with van der Waals surface area (Å²) in [5.41, 5.74) is 4.45. The van der Waals surface area contributed by atoms with Crippen molar-refractivity contribution in [2.45, 2.75) is 6.18 Å². The van der Waals surface area contributed by atoms with E-state index in [-0.39, 0.29) is 5.56 Å². The molecular weight excluding hydrogens is 513 g/mol. The zero-order valence-corrected chi connectivity index (χ0v) is 21.2. The third kappa shape index (κ3) is 6.95. The van der Waals surface area contributed by atoms with Gasteiger partial charge in [0.25, 0.3) is 5.91 Å². The normalized spacial score (nSPS) is 16.2. The summed E-state index contributed by atoms with van der Waals surface area (Å²) in [5, 5.41) is 5.22. The van der Waals surface area contributed by atoms with Gasteiger partial charge in [0.2, 0.25) is 5.95 Å². The van der Waals surface area contributed by atoms with Gasteiger partial charge >= 0.3 is 6.18 Å². The molecular formula is C27H29F3N6O3. The van der Waals surface area contributed by atoms with Crippen molar-refractivity contribution >= 4 is 28.9 Å². The molecule has 0 bridgehead atoms. The summed E-state index contributed by atoms with van der Waals surface area (Å²) < 4.78 is 48.2. The highest BCUT2D eigenvalue weighted by molar-refractivity contribution is 5.94. The van der Waals surface area contributed by atoms with Crippen LogP contribution >= 0.6 is 0 Å². The summed E-state index contributed by atoms with van der Waals surface area (Å²) in [7, 11) is 0. The summed E-state index contributed by atoms with van der Waals surface area (Å²) in [6.45, 7) is 4.53. The van der Waals surface area contributed by atoms with Crippen LogP contribution in [0.2, 0.25) is 0 Å². The number of nitrogens with one attached hydrogen (secondary N) is 2. The van der Waals surface area contributed by atoms with Crippen LogP contribution in [0.15, 0.2) is 54.7 Å². The Bertz CT molecular complexity index is 1280. The van der Waals surface area contributed by atoms with Crippen molar-refractivity contribution in [3.8, 4) is 11.3 Å². The molecule has 3 heterocycles. The molecule has 1 aromatic heterocycles. The maximum Gasteiger partial charge on any atom is 0.405 e. The van der Waals surface area contributed by atoms with Crippen LogP contribution in [-0.4, -0.2) is 81.2 Å². The highest BCUT2D eigenvalue weighted by atomic mass is 19.4. The standard InChI is InChI=1S/C27H29F3N6O3/c28-27(29,30)18-32-25(37)20-3-1-19(2-4-20)22-7-8-31-26(33-22)34-23-6-5-21(35-9-13-38-14-10-35)17-24(23)36-11-15-39-16-12-36/h1-8,17H,9-16,18H2,(H,32,37)(H,31,33,34). The van der Waals surface area contributed by atoms with Gasteiger partial charge in [-0.15, -0.1) is 0 Å². The molecule has 2 fully saturated rings. The van der Waals surface area contributed by atoms with Crippen molar-refractivity contribution < 1.29 is 27.4 Å². The summed E-state index contributed by atoms with van der Waals surface area (Å²) >= 11 is 0. The minimum absolute atomic E-state index is 0.130. The number of benzene rings is 2. The number of aromatic nitrogens is 2. The fraction of sp³-hybridized carbons (Fsp3) is 0.370. The van der Waals surface area contributed by atoms with E-state index in [0.717, 1.165) is 43.2 Å². The number of morpholine rings is 2. The second kappa shape index (κ2) is 11.9. The monoisotopic (exact) mass is 542 g/mol. The smallest absolute Gasteiger partial charge is 0.378 e. The minimum Gasteiger partial charge on any atom is -0.378 e. The average molecular weight is 543 g/mol. The van der Waals surface area contributed by atoms with Gasteiger partial charge in [0.15, 0.2) is 0 Å². The van der Waals surface area contributed by atoms with Crippen LogP contribution in [0.3, 0.4) is 0 Å². The zero-order valence-electron chi connectivity index (χ0n) is 21.2. The van der Waals surface area contributed by atoms with Crippen molar-refractivity contribution in [2.24, 2.45) is 0 Å². The number of ether oxygens (including phenoxy) is 2. The van der Waals surface area contributed by atoms with Gasteiger partial charge < -0.3 is 29.9 Å². The maximum atomic E-state index is 12.4. The Balaban J connectivity index is 1.34. The Kier molecular flexibility index (Phi) is 8.13. The van der Waals surface area contributed by atoms with Crippen molar-refractivity contribution in [3.63, 3.8) is 0 Å². The van der Waals surface area contributed by atoms with Crippen molar-refractivity contribution in [1.82, 2.24) is 15.3 Å². The van der Waals surface area contributed by atoms with E-state index in [0.29, 0.717) is 43.6 Å². The number of hydrogen-bond donors (Lipinski definition) is 2. The highest BCUT2D eigenvalue weighted by Gasteiger charge is 2.28. The molecule has 2 aliphatic heterocycles. The third-order valence-corrected chi connectivity index (χ3v) is 6.50. The van der Waals surface area contributed by atoms with Crippen LogP contribution in [0.5, 0.6) is 0 Å². The van der Waals surface area contributed by atoms with E-state index in [2.05, 4.69) is 37.2 Å². The SMILES string of the molecule is O=C(NCC(F)(F)F)c1ccc(-c2ccnc(Nc3ccc(N4CCOCC4)cc3N3CCOCC3)n2)cc1. The van der Waals surface area contributed by atoms with Gasteiger partial charge in [-0.05, 0) is 36.4 Å². The summed E-state index contributed by atoms with van der Waals surface area (Å²) in [4.78, 5) is 25.6. The molecule has 2 aromatic carbocycles. The Morgan fingerprint density at radius 2 is 1.56 bits per heavy atom. The molecule has 3 aromatic rings. The number of halogens is 3. The molecule has 2 aliphatic rings. The fourth-order valence-corrected chi connectivity index (χ4v) is 4.48. The average Bonchev–Trinajstić information content (AvgIpc) is 2.97. The molecule has 5 rings (SSSR count). The second-order valence-corrected chi connectivity index (χ2v) is 9.17. The van der Waals surface area contributed by atoms with E-state index >= 15 is 0 Å². The van der Waals surface area contributed by atoms with Gasteiger partial charge in [-0.1, -0.05) is 12.1 Å². The first-order chi connectivity index (χ1) is 18.9. The molecule has 1 amide bonds. The number of nitrogens with zero attached hydrogens (tertiary/aromatic N) is 4. The number of carbonyl (C=O) groups excluding carboxylic acids is 1. The van der Waals surface area contributed by atoms with Crippen molar-refractivity contribution in [1.29, 1.82) is 0 Å². The van der Waals surface area contributed by atoms with Crippen LogP contribution < -0.4 is 20.4 Å². The van der Waals surface area contributed by atoms with Crippen LogP contribution in [0.4, 0.5) is 36.2 Å². The molecule has 0 radical (unpaired) electrons. The summed E-state index contributed by atoms with van der Waals surface area (Å²) in [6.07, 6.45) is -2.84. The molecule has 0 saturated carbocycles. The van der Waals surface area contributed by atoms with Gasteiger partial charge in [0.1, 0.15) is 6.54 Å². The highest BCUT2D eigenvalue weighted by Crippen LogP contribution is 2.34. The lowest BCUT2D eigenvalue weighted by Crippen LogP contribution is -2.38. The number of anilines is 4. The van der Waals surface area contributed by atoms with E-state index < -0.39 is 18.6 Å². The lowest BCUT2D eigenvalue weighted by Gasteiger charge is -2.33. The minimum atomic E-state index is -4.47. The lowest BCUT2D eigenvalue weighted by molar-refractivity contribution is -0.123. The predicted molar refractivity (Wildman–Crippen MR) is 142 cm³/mol. The third-order valence-electron chi connectivity index (χ3n) is 6.50. The first-order valence-corrected chi connectivity index (χ1v) is 12.7. The topological polar surface area (TPSA) is 91.9 Å². The zero-order chi connectivity index (χ0) is 27.2. The predicted octanol–water partition coefficient (Wildman–Crippen LogP) is 3.85. The second-order valence-electron chi connectivity index (χ2n) is 9.17. The molecule has 206 valence electrons. The van der Waals surface area contributed by atoms with Gasteiger partial charge in [0, 0.05) is 49.2 Å². The molecule has 39 heavy (non-hydrogen) atoms. The number of hydrogen-bond acceptors (Lipinski definition) is 8. The first-order valence-electron chi connectivity index (χ1n) is 12.7. The molecule has 9 nitrogen and oxygen atoms in total. The molecule has 0 spiro atoms. The van der Waals surface area contributed by atoms with E-state index in [9.17, 15) is 18.0 Å². The fourth-order valence-electron chi connectivity index (χ4n) is 4.48. The van der Waals surface area contributed by atoms with Gasteiger partial charge in [0.05, 0.1) is 43.5 Å². The van der Waals surface area contributed by atoms with Gasteiger partial charge in [-0.25, -0.2) is 9.97 Å². The Morgan fingerprint density at radius 3 is 2.23 bits per heavy atom. The van der Waals surface area contributed by atoms with E-state index in [1.807, 2.05) is 11.4 Å². The van der Waals surface area contributed by atoms with Crippen LogP contribution in [0.25, 0.3) is 11.3 Å². The van der Waals surface area contributed by atoms with E-state index in [1.165, 1.54) is 12.1 Å². The number of amides is 1. The van der Waals surface area contributed by atoms with E-state index in [1.54, 1.807) is 24.4 Å². The van der Waals surface area contributed by atoms with Crippen molar-refractivity contribution in [3.05, 3.63) is 60.3 Å². The molecule has 2 saturated heterocycles. The maximum absolute atomic E-state index is 12.4. The number of rotatable bonds is 7. The summed E-state index contributed by atoms with van der Waals surface area (Å²) in [6, 6.07) is 14.2. The first kappa shape index (κ1) is 26.7. The quantitative estimate of drug-likeness (QED) is 0.465. The van der Waals surface area contributed by atoms with Gasteiger partial charge in [-0.3, -0.25) is 4.79 Å². The van der Waals surface area contributed by atoms with E-state index in [4.69, 9.17) is 9.47 Å². The number of alkyl halides is 3. The molecule has 2 N–H and O–H groups in total. The molecule has 12 heteroatoms. The lowest BCUT2D eigenvalue weighted by atomic mass is 10.1. The van der Waals surface area contributed by atoms with Crippen molar-refractivity contribution in [2.75, 3.05) is 74.3 Å². The Morgan fingerprint density at radius 1 is 0.897 bits per heavy atom. The van der Waals surface area contributed by atoms with Crippen LogP contribution in [-0.2, 0) is 9.47 Å². The Hall–Kier alpha value is -3.90. The van der Waals surface area contributed by atoms with Crippen LogP contribution in [0.1, 0.15) is 10.4 Å². The molecule has 0 unspecified atom stereocenters. The Labute approximate surface area is 223 Å². The summed E-state index contributed by atoms with van der Waals surface area (Å²) in [5.74, 6) is -0.395. The van der Waals surface area contributed by atoms with Gasteiger partial charge in [-0.2, -0.15) is 13.2 Å².